The molecule has 2 aromatic rings. The Kier molecular flexibility index (Phi) is 6.65. The highest BCUT2D eigenvalue weighted by Gasteiger charge is 2.46. The van der Waals surface area contributed by atoms with Crippen molar-refractivity contribution in [1.29, 1.82) is 0 Å². The van der Waals surface area contributed by atoms with Gasteiger partial charge in [-0.1, -0.05) is 29.8 Å². The number of hydrogen-bond donors (Lipinski definition) is 2. The number of amides is 1. The number of carbonyl (C=O) groups is 2. The molecule has 1 amide bonds. The van der Waals surface area contributed by atoms with Gasteiger partial charge in [-0.2, -0.15) is 0 Å². The van der Waals surface area contributed by atoms with Gasteiger partial charge in [-0.25, -0.2) is 0 Å². The fourth-order valence-corrected chi connectivity index (χ4v) is 3.75. The van der Waals surface area contributed by atoms with Gasteiger partial charge in [0.25, 0.3) is 11.7 Å². The molecule has 31 heavy (non-hydrogen) atoms. The molecule has 0 aliphatic carbocycles. The van der Waals surface area contributed by atoms with Gasteiger partial charge in [0, 0.05) is 12.6 Å². The van der Waals surface area contributed by atoms with E-state index in [0.717, 1.165) is 17.7 Å². The summed E-state index contributed by atoms with van der Waals surface area (Å²) in [7, 11) is 5.35. The van der Waals surface area contributed by atoms with E-state index in [1.165, 1.54) is 24.1 Å². The molecule has 0 spiro atoms. The monoisotopic (exact) mass is 424 g/mol. The molecule has 2 aromatic carbocycles. The van der Waals surface area contributed by atoms with Crippen molar-refractivity contribution < 1.29 is 24.5 Å². The van der Waals surface area contributed by atoms with E-state index in [1.807, 2.05) is 50.2 Å². The fraction of sp³-hybridized carbons (Fsp3) is 0.333. The number of aliphatic hydroxyl groups is 1. The number of rotatable bonds is 7. The van der Waals surface area contributed by atoms with Gasteiger partial charge >= 0.3 is 0 Å². The van der Waals surface area contributed by atoms with Crippen LogP contribution in [0.3, 0.4) is 0 Å². The smallest absolute Gasteiger partial charge is 0.295 e. The summed E-state index contributed by atoms with van der Waals surface area (Å²) in [5, 5.41) is 21.4. The van der Waals surface area contributed by atoms with Crippen LogP contribution in [0.2, 0.25) is 0 Å². The van der Waals surface area contributed by atoms with E-state index >= 15 is 0 Å². The van der Waals surface area contributed by atoms with E-state index in [9.17, 15) is 19.8 Å². The van der Waals surface area contributed by atoms with Gasteiger partial charge in [-0.15, -0.1) is 0 Å². The minimum absolute atomic E-state index is 0.0285. The Bertz CT molecular complexity index is 1010. The summed E-state index contributed by atoms with van der Waals surface area (Å²) in [6, 6.07) is 11.2. The lowest BCUT2D eigenvalue weighted by atomic mass is 9.94. The van der Waals surface area contributed by atoms with E-state index in [2.05, 4.69) is 0 Å². The number of aliphatic hydroxyl groups excluding tert-OH is 1. The molecule has 3 rings (SSSR count). The Hall–Kier alpha value is -3.32. The number of carbonyl (C=O) groups excluding carboxylic acids is 2. The minimum Gasteiger partial charge on any atom is -0.507 e. The number of hydrogen-bond acceptors (Lipinski definition) is 6. The van der Waals surface area contributed by atoms with Gasteiger partial charge in [0.2, 0.25) is 0 Å². The minimum atomic E-state index is -0.761. The van der Waals surface area contributed by atoms with Crippen molar-refractivity contribution in [2.75, 3.05) is 34.3 Å². The van der Waals surface area contributed by atoms with E-state index in [-0.39, 0.29) is 16.9 Å². The number of ketones is 1. The highest BCUT2D eigenvalue weighted by Crippen LogP contribution is 2.41. The van der Waals surface area contributed by atoms with Crippen molar-refractivity contribution in [2.45, 2.75) is 19.4 Å². The summed E-state index contributed by atoms with van der Waals surface area (Å²) < 4.78 is 5.08. The molecular formula is C24H28N2O5. The van der Waals surface area contributed by atoms with E-state index in [4.69, 9.17) is 4.74 Å². The van der Waals surface area contributed by atoms with Crippen LogP contribution in [0.5, 0.6) is 11.5 Å². The SMILES string of the molecule is COc1ccc(C(O)=C2C(=O)C(=O)N(CCCN(C)C)[C@@H]2c2ccc(C)cc2)c(O)c1. The molecule has 0 aromatic heterocycles. The molecule has 7 nitrogen and oxygen atoms in total. The molecule has 7 heteroatoms. The van der Waals surface area contributed by atoms with Gasteiger partial charge in [0.1, 0.15) is 17.3 Å². The van der Waals surface area contributed by atoms with Gasteiger partial charge in [-0.3, -0.25) is 9.59 Å². The molecule has 0 radical (unpaired) electrons. The predicted octanol–water partition coefficient (Wildman–Crippen LogP) is 3.08. The number of Topliss-reactive ketones (excluding diaryl/α,β-unsaturated/α-hetero) is 1. The Balaban J connectivity index is 2.11. The van der Waals surface area contributed by atoms with Crippen LogP contribution in [-0.4, -0.2) is 66.0 Å². The van der Waals surface area contributed by atoms with Gasteiger partial charge in [0.05, 0.1) is 24.3 Å². The van der Waals surface area contributed by atoms with E-state index in [1.54, 1.807) is 6.07 Å². The number of phenols is 1. The molecule has 0 bridgehead atoms. The summed E-state index contributed by atoms with van der Waals surface area (Å²) in [4.78, 5) is 29.4. The van der Waals surface area contributed by atoms with Crippen molar-refractivity contribution in [2.24, 2.45) is 0 Å². The first kappa shape index (κ1) is 22.4. The maximum atomic E-state index is 13.0. The van der Waals surface area contributed by atoms with Crippen molar-refractivity contribution >= 4 is 17.4 Å². The molecule has 0 saturated carbocycles. The molecule has 1 heterocycles. The number of methoxy groups -OCH3 is 1. The average molecular weight is 424 g/mol. The third-order valence-electron chi connectivity index (χ3n) is 5.40. The summed E-state index contributed by atoms with van der Waals surface area (Å²) in [5.41, 5.74) is 1.81. The first-order valence-electron chi connectivity index (χ1n) is 10.1. The van der Waals surface area contributed by atoms with Crippen molar-refractivity contribution in [3.05, 3.63) is 64.7 Å². The third kappa shape index (κ3) is 4.56. The molecule has 1 saturated heterocycles. The second-order valence-corrected chi connectivity index (χ2v) is 7.94. The molecule has 1 aliphatic heterocycles. The zero-order valence-electron chi connectivity index (χ0n) is 18.3. The molecule has 164 valence electrons. The van der Waals surface area contributed by atoms with Crippen LogP contribution in [-0.2, 0) is 9.59 Å². The van der Waals surface area contributed by atoms with E-state index < -0.39 is 23.5 Å². The van der Waals surface area contributed by atoms with Crippen LogP contribution < -0.4 is 4.74 Å². The third-order valence-corrected chi connectivity index (χ3v) is 5.40. The number of benzene rings is 2. The van der Waals surface area contributed by atoms with E-state index in [0.29, 0.717) is 18.7 Å². The molecule has 2 N–H and O–H groups in total. The molecule has 1 fully saturated rings. The quantitative estimate of drug-likeness (QED) is 0.403. The van der Waals surface area contributed by atoms with Crippen molar-refractivity contribution in [3.63, 3.8) is 0 Å². The number of likely N-dealkylation sites (tertiary alicyclic amines) is 1. The van der Waals surface area contributed by atoms with Gasteiger partial charge in [-0.05, 0) is 51.7 Å². The van der Waals surface area contributed by atoms with Crippen LogP contribution in [0, 0.1) is 6.92 Å². The van der Waals surface area contributed by atoms with Gasteiger partial charge < -0.3 is 24.7 Å². The molecule has 0 unspecified atom stereocenters. The second-order valence-electron chi connectivity index (χ2n) is 7.94. The number of aromatic hydroxyl groups is 1. The summed E-state index contributed by atoms with van der Waals surface area (Å²) >= 11 is 0. The largest absolute Gasteiger partial charge is 0.507 e. The lowest BCUT2D eigenvalue weighted by Gasteiger charge is -2.26. The maximum absolute atomic E-state index is 13.0. The Labute approximate surface area is 182 Å². The highest BCUT2D eigenvalue weighted by molar-refractivity contribution is 6.46. The zero-order valence-corrected chi connectivity index (χ0v) is 18.3. The summed E-state index contributed by atoms with van der Waals surface area (Å²) in [6.45, 7) is 3.07. The fourth-order valence-electron chi connectivity index (χ4n) is 3.75. The average Bonchev–Trinajstić information content (AvgIpc) is 2.98. The Morgan fingerprint density at radius 2 is 1.81 bits per heavy atom. The number of nitrogens with zero attached hydrogens (tertiary/aromatic N) is 2. The van der Waals surface area contributed by atoms with Crippen molar-refractivity contribution in [1.82, 2.24) is 9.80 Å². The first-order chi connectivity index (χ1) is 14.7. The van der Waals surface area contributed by atoms with Crippen LogP contribution in [0.4, 0.5) is 0 Å². The number of phenolic OH excluding ortho intramolecular Hbond substituents is 1. The normalized spacial score (nSPS) is 18.1. The Morgan fingerprint density at radius 1 is 1.13 bits per heavy atom. The maximum Gasteiger partial charge on any atom is 0.295 e. The number of aryl methyl sites for hydroxylation is 1. The zero-order chi connectivity index (χ0) is 22.7. The second kappa shape index (κ2) is 9.22. The van der Waals surface area contributed by atoms with Gasteiger partial charge in [0.15, 0.2) is 0 Å². The predicted molar refractivity (Wildman–Crippen MR) is 118 cm³/mol. The molecule has 1 aliphatic rings. The van der Waals surface area contributed by atoms with Crippen molar-refractivity contribution in [3.8, 4) is 11.5 Å². The van der Waals surface area contributed by atoms with Crippen LogP contribution in [0.1, 0.15) is 29.2 Å². The molecule has 1 atom stereocenters. The topological polar surface area (TPSA) is 90.3 Å². The molecular weight excluding hydrogens is 396 g/mol. The standard InChI is InChI=1S/C24H28N2O5/c1-15-6-8-16(9-7-15)21-20(22(28)18-11-10-17(31-4)14-19(18)27)23(29)24(30)26(21)13-5-12-25(2)3/h6-11,14,21,27-28H,5,12-13H2,1-4H3/t21-/m1/s1. The first-order valence-corrected chi connectivity index (χ1v) is 10.1. The van der Waals surface area contributed by atoms with Crippen LogP contribution in [0.15, 0.2) is 48.0 Å². The van der Waals surface area contributed by atoms with Crippen LogP contribution >= 0.6 is 0 Å². The lowest BCUT2D eigenvalue weighted by Crippen LogP contribution is -2.32. The number of ether oxygens (including phenoxy) is 1. The summed E-state index contributed by atoms with van der Waals surface area (Å²) in [6.07, 6.45) is 0.677. The lowest BCUT2D eigenvalue weighted by molar-refractivity contribution is -0.139. The summed E-state index contributed by atoms with van der Waals surface area (Å²) in [5.74, 6) is -1.65. The highest BCUT2D eigenvalue weighted by atomic mass is 16.5. The van der Waals surface area contributed by atoms with Crippen LogP contribution in [0.25, 0.3) is 5.76 Å². The Morgan fingerprint density at radius 3 is 2.39 bits per heavy atom.